The van der Waals surface area contributed by atoms with Crippen LogP contribution in [0.4, 0.5) is 0 Å². The second-order valence-corrected chi connectivity index (χ2v) is 3.50. The Morgan fingerprint density at radius 2 is 1.85 bits per heavy atom. The van der Waals surface area contributed by atoms with E-state index in [1.54, 1.807) is 0 Å². The van der Waals surface area contributed by atoms with Crippen molar-refractivity contribution in [2.24, 2.45) is 0 Å². The van der Waals surface area contributed by atoms with Crippen LogP contribution in [0.1, 0.15) is 10.4 Å². The van der Waals surface area contributed by atoms with Crippen LogP contribution in [0.25, 0.3) is 0 Å². The zero-order chi connectivity index (χ0) is 14.5. The average molecular weight is 277 g/mol. The van der Waals surface area contributed by atoms with Gasteiger partial charge in [-0.05, 0) is 12.1 Å². The summed E-state index contributed by atoms with van der Waals surface area (Å²) in [4.78, 5) is 22.7. The first kappa shape index (κ1) is 13.5. The van der Waals surface area contributed by atoms with Crippen LogP contribution in [0.3, 0.4) is 0 Å². The number of ether oxygens (including phenoxy) is 3. The molecule has 0 amide bonds. The summed E-state index contributed by atoms with van der Waals surface area (Å²) in [7, 11) is 2.85. The maximum atomic E-state index is 11.0. The Labute approximate surface area is 114 Å². The number of carboxylic acids is 1. The summed E-state index contributed by atoms with van der Waals surface area (Å²) in [6, 6.07) is 4.19. The minimum atomic E-state index is -1.16. The van der Waals surface area contributed by atoms with Crippen molar-refractivity contribution in [3.05, 3.63) is 30.0 Å². The van der Waals surface area contributed by atoms with Gasteiger partial charge in [-0.1, -0.05) is 0 Å². The van der Waals surface area contributed by atoms with E-state index in [1.807, 2.05) is 0 Å². The number of hydrogen-bond acceptors (Lipinski definition) is 7. The van der Waals surface area contributed by atoms with E-state index in [0.29, 0.717) is 0 Å². The highest BCUT2D eigenvalue weighted by Crippen LogP contribution is 2.24. The summed E-state index contributed by atoms with van der Waals surface area (Å²) >= 11 is 0. The van der Waals surface area contributed by atoms with E-state index in [4.69, 9.17) is 19.3 Å². The molecule has 0 aliphatic heterocycles. The fourth-order valence-electron chi connectivity index (χ4n) is 1.36. The molecule has 8 heteroatoms. The van der Waals surface area contributed by atoms with Crippen molar-refractivity contribution < 1.29 is 24.1 Å². The third-order valence-electron chi connectivity index (χ3n) is 2.27. The van der Waals surface area contributed by atoms with Crippen LogP contribution in [-0.2, 0) is 0 Å². The smallest absolute Gasteiger partial charge is 0.341 e. The molecule has 20 heavy (non-hydrogen) atoms. The number of aromatic nitrogens is 3. The second kappa shape index (κ2) is 5.83. The molecule has 0 fully saturated rings. The Morgan fingerprint density at radius 3 is 2.40 bits per heavy atom. The number of carboxylic acid groups (broad SMARTS) is 1. The molecule has 0 radical (unpaired) electrons. The molecule has 0 unspecified atom stereocenters. The van der Waals surface area contributed by atoms with E-state index in [1.165, 1.54) is 38.6 Å². The van der Waals surface area contributed by atoms with Crippen LogP contribution in [0.15, 0.2) is 24.4 Å². The number of carbonyl (C=O) groups is 1. The Kier molecular flexibility index (Phi) is 3.94. The van der Waals surface area contributed by atoms with Gasteiger partial charge in [-0.3, -0.25) is 0 Å². The molecular weight excluding hydrogens is 266 g/mol. The molecule has 0 aliphatic carbocycles. The van der Waals surface area contributed by atoms with Gasteiger partial charge in [0.05, 0.1) is 20.3 Å². The van der Waals surface area contributed by atoms with Crippen molar-refractivity contribution in [1.82, 2.24) is 15.0 Å². The van der Waals surface area contributed by atoms with Gasteiger partial charge in [0.15, 0.2) is 0 Å². The molecule has 104 valence electrons. The van der Waals surface area contributed by atoms with Gasteiger partial charge < -0.3 is 19.3 Å². The minimum Gasteiger partial charge on any atom is -0.481 e. The average Bonchev–Trinajstić information content (AvgIpc) is 2.47. The molecule has 0 bridgehead atoms. The first-order valence-corrected chi connectivity index (χ1v) is 5.47. The van der Waals surface area contributed by atoms with Gasteiger partial charge in [0.1, 0.15) is 5.56 Å². The summed E-state index contributed by atoms with van der Waals surface area (Å²) in [5.74, 6) is -0.836. The largest absolute Gasteiger partial charge is 0.481 e. The zero-order valence-corrected chi connectivity index (χ0v) is 10.7. The SMILES string of the molecule is COc1cc(OC)nc(Oc2ncccc2C(=O)O)n1. The van der Waals surface area contributed by atoms with Crippen LogP contribution in [-0.4, -0.2) is 40.2 Å². The zero-order valence-electron chi connectivity index (χ0n) is 10.7. The van der Waals surface area contributed by atoms with E-state index in [9.17, 15) is 4.79 Å². The predicted octanol–water partition coefficient (Wildman–Crippen LogP) is 1.38. The molecule has 0 saturated heterocycles. The molecule has 2 rings (SSSR count). The monoisotopic (exact) mass is 277 g/mol. The van der Waals surface area contributed by atoms with Crippen molar-refractivity contribution in [1.29, 1.82) is 0 Å². The minimum absolute atomic E-state index is 0.0992. The number of nitrogens with zero attached hydrogens (tertiary/aromatic N) is 3. The molecule has 2 aromatic heterocycles. The molecule has 0 saturated carbocycles. The number of aromatic carboxylic acids is 1. The lowest BCUT2D eigenvalue weighted by molar-refractivity contribution is 0.0693. The van der Waals surface area contributed by atoms with Crippen LogP contribution in [0.2, 0.25) is 0 Å². The highest BCUT2D eigenvalue weighted by Gasteiger charge is 2.15. The highest BCUT2D eigenvalue weighted by atomic mass is 16.5. The van der Waals surface area contributed by atoms with E-state index in [0.717, 1.165) is 0 Å². The first-order valence-electron chi connectivity index (χ1n) is 5.47. The molecule has 0 aliphatic rings. The lowest BCUT2D eigenvalue weighted by Crippen LogP contribution is -2.04. The van der Waals surface area contributed by atoms with E-state index < -0.39 is 5.97 Å². The maximum Gasteiger partial charge on any atom is 0.341 e. The summed E-state index contributed by atoms with van der Waals surface area (Å²) in [5.41, 5.74) is -0.0992. The molecule has 0 aromatic carbocycles. The fourth-order valence-corrected chi connectivity index (χ4v) is 1.36. The summed E-state index contributed by atoms with van der Waals surface area (Å²) < 4.78 is 15.2. The van der Waals surface area contributed by atoms with Crippen molar-refractivity contribution in [3.63, 3.8) is 0 Å². The van der Waals surface area contributed by atoms with Crippen LogP contribution in [0.5, 0.6) is 23.7 Å². The lowest BCUT2D eigenvalue weighted by atomic mass is 10.3. The molecule has 0 spiro atoms. The Balaban J connectivity index is 2.37. The second-order valence-electron chi connectivity index (χ2n) is 3.50. The summed E-state index contributed by atoms with van der Waals surface area (Å²) in [5, 5.41) is 9.03. The van der Waals surface area contributed by atoms with Crippen molar-refractivity contribution in [3.8, 4) is 23.7 Å². The number of pyridine rings is 1. The molecule has 0 atom stereocenters. The van der Waals surface area contributed by atoms with Gasteiger partial charge in [-0.25, -0.2) is 9.78 Å². The van der Waals surface area contributed by atoms with E-state index in [2.05, 4.69) is 15.0 Å². The van der Waals surface area contributed by atoms with Gasteiger partial charge in [0.2, 0.25) is 17.6 Å². The maximum absolute atomic E-state index is 11.0. The summed E-state index contributed by atoms with van der Waals surface area (Å²) in [6.45, 7) is 0. The van der Waals surface area contributed by atoms with Crippen molar-refractivity contribution in [2.75, 3.05) is 14.2 Å². The fraction of sp³-hybridized carbons (Fsp3) is 0.167. The Morgan fingerprint density at radius 1 is 1.20 bits per heavy atom. The normalized spacial score (nSPS) is 9.90. The van der Waals surface area contributed by atoms with Gasteiger partial charge in [0.25, 0.3) is 0 Å². The molecule has 8 nitrogen and oxygen atoms in total. The van der Waals surface area contributed by atoms with Gasteiger partial charge in [-0.15, -0.1) is 0 Å². The van der Waals surface area contributed by atoms with Crippen LogP contribution >= 0.6 is 0 Å². The third kappa shape index (κ3) is 2.91. The molecule has 2 aromatic rings. The third-order valence-corrected chi connectivity index (χ3v) is 2.27. The van der Waals surface area contributed by atoms with Gasteiger partial charge in [0, 0.05) is 6.20 Å². The standard InChI is InChI=1S/C12H11N3O5/c1-18-8-6-9(19-2)15-12(14-8)20-10-7(11(16)17)4-3-5-13-10/h3-6H,1-2H3,(H,16,17). The van der Waals surface area contributed by atoms with E-state index in [-0.39, 0.29) is 29.2 Å². The highest BCUT2D eigenvalue weighted by molar-refractivity contribution is 5.90. The van der Waals surface area contributed by atoms with Crippen molar-refractivity contribution >= 4 is 5.97 Å². The Hall–Kier alpha value is -2.90. The molecule has 1 N–H and O–H groups in total. The molecular formula is C12H11N3O5. The quantitative estimate of drug-likeness (QED) is 0.874. The Bertz CT molecular complexity index is 610. The predicted molar refractivity (Wildman–Crippen MR) is 66.4 cm³/mol. The lowest BCUT2D eigenvalue weighted by Gasteiger charge is -2.08. The number of methoxy groups -OCH3 is 2. The molecule has 2 heterocycles. The van der Waals surface area contributed by atoms with Crippen LogP contribution < -0.4 is 14.2 Å². The topological polar surface area (TPSA) is 104 Å². The van der Waals surface area contributed by atoms with Gasteiger partial charge >= 0.3 is 12.0 Å². The number of rotatable bonds is 5. The van der Waals surface area contributed by atoms with Crippen molar-refractivity contribution in [2.45, 2.75) is 0 Å². The summed E-state index contributed by atoms with van der Waals surface area (Å²) in [6.07, 6.45) is 1.40. The van der Waals surface area contributed by atoms with Crippen LogP contribution in [0, 0.1) is 0 Å². The first-order chi connectivity index (χ1) is 9.63. The van der Waals surface area contributed by atoms with E-state index >= 15 is 0 Å². The van der Waals surface area contributed by atoms with Gasteiger partial charge in [-0.2, -0.15) is 9.97 Å². The number of hydrogen-bond donors (Lipinski definition) is 1.